The minimum absolute atomic E-state index is 0.443. The molecule has 2 aliphatic carbocycles. The number of rotatable bonds is 2. The molecule has 2 nitrogen and oxygen atoms in total. The van der Waals surface area contributed by atoms with Gasteiger partial charge < -0.3 is 11.5 Å². The lowest BCUT2D eigenvalue weighted by Gasteiger charge is -2.37. The van der Waals surface area contributed by atoms with Gasteiger partial charge in [0.15, 0.2) is 0 Å². The minimum Gasteiger partial charge on any atom is -0.327 e. The molecule has 1 radical (unpaired) electrons. The molecular formula is C15H29N2. The molecule has 6 unspecified atom stereocenters. The fraction of sp³-hybridized carbons (Fsp3) is 0.933. The SMILES string of the molecule is CC1CC([CH]C2CCC(N)C(C)C2)CCC1N. The highest BCUT2D eigenvalue weighted by Gasteiger charge is 2.30. The zero-order chi connectivity index (χ0) is 12.4. The molecule has 0 aliphatic heterocycles. The molecule has 0 heterocycles. The lowest BCUT2D eigenvalue weighted by Crippen LogP contribution is -2.37. The van der Waals surface area contributed by atoms with Crippen LogP contribution in [0.3, 0.4) is 0 Å². The van der Waals surface area contributed by atoms with E-state index in [1.807, 2.05) is 0 Å². The van der Waals surface area contributed by atoms with E-state index in [1.165, 1.54) is 38.5 Å². The molecule has 0 aromatic rings. The van der Waals surface area contributed by atoms with Crippen molar-refractivity contribution in [1.29, 1.82) is 0 Å². The molecule has 0 amide bonds. The van der Waals surface area contributed by atoms with Gasteiger partial charge in [-0.05, 0) is 68.6 Å². The van der Waals surface area contributed by atoms with E-state index < -0.39 is 0 Å². The van der Waals surface area contributed by atoms with E-state index in [-0.39, 0.29) is 0 Å². The Bertz CT molecular complexity index is 217. The first-order valence-corrected chi connectivity index (χ1v) is 7.42. The Balaban J connectivity index is 1.78. The summed E-state index contributed by atoms with van der Waals surface area (Å²) in [7, 11) is 0. The Labute approximate surface area is 107 Å². The first kappa shape index (κ1) is 13.4. The summed E-state index contributed by atoms with van der Waals surface area (Å²) in [5.74, 6) is 3.04. The highest BCUT2D eigenvalue weighted by atomic mass is 14.7. The van der Waals surface area contributed by atoms with Gasteiger partial charge in [0, 0.05) is 12.1 Å². The van der Waals surface area contributed by atoms with Crippen LogP contribution in [0.2, 0.25) is 0 Å². The second kappa shape index (κ2) is 5.71. The quantitative estimate of drug-likeness (QED) is 0.776. The van der Waals surface area contributed by atoms with Gasteiger partial charge in [-0.2, -0.15) is 0 Å². The molecule has 2 fully saturated rings. The van der Waals surface area contributed by atoms with Crippen molar-refractivity contribution in [3.8, 4) is 0 Å². The van der Waals surface area contributed by atoms with Crippen LogP contribution in [-0.2, 0) is 0 Å². The average Bonchev–Trinajstić information content (AvgIpc) is 2.29. The maximum Gasteiger partial charge on any atom is 0.00647 e. The van der Waals surface area contributed by atoms with Crippen LogP contribution in [0.4, 0.5) is 0 Å². The van der Waals surface area contributed by atoms with Crippen molar-refractivity contribution in [2.75, 3.05) is 0 Å². The normalized spacial score (nSPS) is 48.0. The van der Waals surface area contributed by atoms with Crippen LogP contribution in [-0.4, -0.2) is 12.1 Å². The molecule has 0 aromatic carbocycles. The second-order valence-corrected chi connectivity index (χ2v) is 6.62. The molecule has 4 N–H and O–H groups in total. The molecule has 0 aromatic heterocycles. The van der Waals surface area contributed by atoms with Crippen molar-refractivity contribution in [2.45, 2.75) is 64.5 Å². The third-order valence-corrected chi connectivity index (χ3v) is 5.10. The van der Waals surface area contributed by atoms with Crippen molar-refractivity contribution in [1.82, 2.24) is 0 Å². The molecule has 0 bridgehead atoms. The predicted octanol–water partition coefficient (Wildman–Crippen LogP) is 2.72. The van der Waals surface area contributed by atoms with E-state index in [0.29, 0.717) is 23.9 Å². The van der Waals surface area contributed by atoms with Gasteiger partial charge in [-0.3, -0.25) is 0 Å². The summed E-state index contributed by atoms with van der Waals surface area (Å²) in [4.78, 5) is 0. The topological polar surface area (TPSA) is 52.0 Å². The molecule has 2 heteroatoms. The third kappa shape index (κ3) is 3.45. The van der Waals surface area contributed by atoms with Gasteiger partial charge in [0.25, 0.3) is 0 Å². The Hall–Kier alpha value is -0.0800. The van der Waals surface area contributed by atoms with Crippen molar-refractivity contribution in [3.05, 3.63) is 6.42 Å². The lowest BCUT2D eigenvalue weighted by atomic mass is 9.71. The first-order chi connectivity index (χ1) is 8.06. The van der Waals surface area contributed by atoms with E-state index in [9.17, 15) is 0 Å². The molecule has 6 atom stereocenters. The largest absolute Gasteiger partial charge is 0.327 e. The number of hydrogen-bond donors (Lipinski definition) is 2. The van der Waals surface area contributed by atoms with Crippen LogP contribution in [0, 0.1) is 30.1 Å². The van der Waals surface area contributed by atoms with Gasteiger partial charge in [0.05, 0.1) is 0 Å². The maximum absolute atomic E-state index is 6.08. The van der Waals surface area contributed by atoms with Crippen LogP contribution < -0.4 is 11.5 Å². The summed E-state index contributed by atoms with van der Waals surface area (Å²) in [6, 6.07) is 0.886. The fourth-order valence-corrected chi connectivity index (χ4v) is 3.66. The van der Waals surface area contributed by atoms with Crippen LogP contribution in [0.5, 0.6) is 0 Å². The molecular weight excluding hydrogens is 208 g/mol. The second-order valence-electron chi connectivity index (χ2n) is 6.62. The summed E-state index contributed by atoms with van der Waals surface area (Å²) in [6.45, 7) is 4.62. The zero-order valence-electron chi connectivity index (χ0n) is 11.4. The summed E-state index contributed by atoms with van der Waals surface area (Å²) >= 11 is 0. The highest BCUT2D eigenvalue weighted by Crippen LogP contribution is 2.37. The third-order valence-electron chi connectivity index (χ3n) is 5.10. The molecule has 2 rings (SSSR count). The van der Waals surface area contributed by atoms with Gasteiger partial charge in [-0.25, -0.2) is 0 Å². The monoisotopic (exact) mass is 237 g/mol. The summed E-state index contributed by atoms with van der Waals surface area (Å²) < 4.78 is 0. The van der Waals surface area contributed by atoms with Crippen LogP contribution in [0.1, 0.15) is 52.4 Å². The molecule has 0 spiro atoms. The smallest absolute Gasteiger partial charge is 0.00647 e. The van der Waals surface area contributed by atoms with E-state index in [2.05, 4.69) is 20.3 Å². The maximum atomic E-state index is 6.08. The van der Waals surface area contributed by atoms with Crippen LogP contribution in [0.15, 0.2) is 0 Å². The predicted molar refractivity (Wildman–Crippen MR) is 73.3 cm³/mol. The van der Waals surface area contributed by atoms with Crippen molar-refractivity contribution in [3.63, 3.8) is 0 Å². The van der Waals surface area contributed by atoms with Crippen molar-refractivity contribution < 1.29 is 0 Å². The molecule has 0 saturated heterocycles. The first-order valence-electron chi connectivity index (χ1n) is 7.42. The number of nitrogens with two attached hydrogens (primary N) is 2. The molecule has 2 saturated carbocycles. The Kier molecular flexibility index (Phi) is 4.48. The highest BCUT2D eigenvalue weighted by molar-refractivity contribution is 4.93. The lowest BCUT2D eigenvalue weighted by molar-refractivity contribution is 0.219. The van der Waals surface area contributed by atoms with Gasteiger partial charge in [-0.1, -0.05) is 13.8 Å². The Morgan fingerprint density at radius 1 is 0.765 bits per heavy atom. The standard InChI is InChI=1S/C15H29N2/c1-10-7-12(3-5-14(10)16)9-13-4-6-15(17)11(2)8-13/h9-15H,3-8,16-17H2,1-2H3. The number of hydrogen-bond acceptors (Lipinski definition) is 2. The zero-order valence-corrected chi connectivity index (χ0v) is 11.4. The Morgan fingerprint density at radius 3 is 1.53 bits per heavy atom. The van der Waals surface area contributed by atoms with E-state index >= 15 is 0 Å². The molecule has 17 heavy (non-hydrogen) atoms. The summed E-state index contributed by atoms with van der Waals surface area (Å²) in [5, 5.41) is 0. The Morgan fingerprint density at radius 2 is 1.18 bits per heavy atom. The van der Waals surface area contributed by atoms with Gasteiger partial charge >= 0.3 is 0 Å². The van der Waals surface area contributed by atoms with Gasteiger partial charge in [0.2, 0.25) is 0 Å². The fourth-order valence-electron chi connectivity index (χ4n) is 3.66. The van der Waals surface area contributed by atoms with Crippen molar-refractivity contribution in [2.24, 2.45) is 35.1 Å². The summed E-state index contributed by atoms with van der Waals surface area (Å²) in [6.07, 6.45) is 10.3. The van der Waals surface area contributed by atoms with E-state index in [0.717, 1.165) is 11.8 Å². The van der Waals surface area contributed by atoms with Gasteiger partial charge in [0.1, 0.15) is 0 Å². The van der Waals surface area contributed by atoms with Gasteiger partial charge in [-0.15, -0.1) is 0 Å². The van der Waals surface area contributed by atoms with Crippen LogP contribution in [0.25, 0.3) is 0 Å². The molecule has 99 valence electrons. The van der Waals surface area contributed by atoms with Crippen LogP contribution >= 0.6 is 0 Å². The van der Waals surface area contributed by atoms with E-state index in [4.69, 9.17) is 11.5 Å². The van der Waals surface area contributed by atoms with Crippen molar-refractivity contribution >= 4 is 0 Å². The van der Waals surface area contributed by atoms with E-state index in [1.54, 1.807) is 0 Å². The minimum atomic E-state index is 0.443. The summed E-state index contributed by atoms with van der Waals surface area (Å²) in [5.41, 5.74) is 12.2. The average molecular weight is 237 g/mol. The molecule has 2 aliphatic rings.